The fourth-order valence-corrected chi connectivity index (χ4v) is 4.91. The monoisotopic (exact) mass is 523 g/mol. The largest absolute Gasteiger partial charge is 0.493 e. The summed E-state index contributed by atoms with van der Waals surface area (Å²) >= 11 is 1.26. The number of anilines is 1. The Labute approximate surface area is 227 Å². The van der Waals surface area contributed by atoms with Crippen LogP contribution in [-0.2, 0) is 4.79 Å². The molecule has 3 aromatic carbocycles. The number of pyridine rings is 1. The van der Waals surface area contributed by atoms with E-state index in [2.05, 4.69) is 11.4 Å². The molecule has 0 radical (unpaired) electrons. The highest BCUT2D eigenvalue weighted by atomic mass is 32.2. The van der Waals surface area contributed by atoms with Crippen LogP contribution in [0.4, 0.5) is 5.69 Å². The highest BCUT2D eigenvalue weighted by molar-refractivity contribution is 8.00. The van der Waals surface area contributed by atoms with Crippen molar-refractivity contribution in [2.24, 2.45) is 0 Å². The first kappa shape index (κ1) is 26.8. The van der Waals surface area contributed by atoms with Gasteiger partial charge >= 0.3 is 0 Å². The Balaban J connectivity index is 1.75. The summed E-state index contributed by atoms with van der Waals surface area (Å²) in [7, 11) is 3.16. The molecule has 1 heterocycles. The summed E-state index contributed by atoms with van der Waals surface area (Å²) in [6, 6.07) is 25.4. The highest BCUT2D eigenvalue weighted by Crippen LogP contribution is 2.39. The zero-order chi connectivity index (χ0) is 27.2. The van der Waals surface area contributed by atoms with Gasteiger partial charge in [0.2, 0.25) is 5.91 Å². The minimum atomic E-state index is -0.500. The van der Waals surface area contributed by atoms with E-state index in [1.54, 1.807) is 14.2 Å². The van der Waals surface area contributed by atoms with Gasteiger partial charge in [-0.15, -0.1) is 0 Å². The van der Waals surface area contributed by atoms with Gasteiger partial charge in [0.05, 0.1) is 30.7 Å². The molecule has 0 unspecified atom stereocenters. The van der Waals surface area contributed by atoms with E-state index in [0.717, 1.165) is 27.9 Å². The van der Waals surface area contributed by atoms with Crippen molar-refractivity contribution in [2.45, 2.75) is 31.0 Å². The first-order valence-electron chi connectivity index (χ1n) is 12.1. The molecule has 0 aliphatic rings. The number of amides is 1. The molecule has 0 saturated heterocycles. The van der Waals surface area contributed by atoms with Crippen LogP contribution in [0.15, 0.2) is 77.8 Å². The van der Waals surface area contributed by atoms with E-state index >= 15 is 0 Å². The molecule has 1 N–H and O–H groups in total. The number of rotatable bonds is 8. The van der Waals surface area contributed by atoms with E-state index in [1.165, 1.54) is 11.8 Å². The summed E-state index contributed by atoms with van der Waals surface area (Å²) in [6.45, 7) is 5.86. The minimum absolute atomic E-state index is 0.165. The van der Waals surface area contributed by atoms with Crippen LogP contribution >= 0.6 is 11.8 Å². The van der Waals surface area contributed by atoms with E-state index in [9.17, 15) is 10.1 Å². The maximum absolute atomic E-state index is 13.1. The van der Waals surface area contributed by atoms with E-state index in [-0.39, 0.29) is 5.91 Å². The van der Waals surface area contributed by atoms with Crippen LogP contribution in [0.1, 0.15) is 23.6 Å². The number of carbonyl (C=O) groups is 1. The average molecular weight is 524 g/mol. The number of nitriles is 1. The number of thioether (sulfide) groups is 1. The molecule has 7 heteroatoms. The smallest absolute Gasteiger partial charge is 0.237 e. The number of benzene rings is 3. The summed E-state index contributed by atoms with van der Waals surface area (Å²) in [5.41, 5.74) is 6.50. The average Bonchev–Trinajstić information content (AvgIpc) is 2.94. The van der Waals surface area contributed by atoms with Gasteiger partial charge in [-0.3, -0.25) is 4.79 Å². The molecule has 1 atom stereocenters. The molecule has 0 saturated carbocycles. The van der Waals surface area contributed by atoms with Gasteiger partial charge in [-0.2, -0.15) is 5.26 Å². The predicted molar refractivity (Wildman–Crippen MR) is 153 cm³/mol. The van der Waals surface area contributed by atoms with Crippen LogP contribution in [0.25, 0.3) is 22.4 Å². The van der Waals surface area contributed by atoms with E-state index in [0.29, 0.717) is 33.3 Å². The molecule has 0 aliphatic heterocycles. The molecule has 4 aromatic rings. The van der Waals surface area contributed by atoms with Gasteiger partial charge in [0.25, 0.3) is 0 Å². The summed E-state index contributed by atoms with van der Waals surface area (Å²) in [5, 5.41) is 13.2. The van der Waals surface area contributed by atoms with Gasteiger partial charge in [0, 0.05) is 16.8 Å². The van der Waals surface area contributed by atoms with Gasteiger partial charge in [0.15, 0.2) is 11.5 Å². The summed E-state index contributed by atoms with van der Waals surface area (Å²) < 4.78 is 10.9. The van der Waals surface area contributed by atoms with Crippen molar-refractivity contribution >= 4 is 23.4 Å². The molecule has 1 aromatic heterocycles. The normalized spacial score (nSPS) is 11.4. The summed E-state index contributed by atoms with van der Waals surface area (Å²) in [5.74, 6) is 0.988. The van der Waals surface area contributed by atoms with E-state index in [4.69, 9.17) is 14.5 Å². The molecule has 4 rings (SSSR count). The third kappa shape index (κ3) is 5.82. The number of methoxy groups -OCH3 is 2. The molecule has 1 amide bonds. The molecule has 0 aliphatic carbocycles. The van der Waals surface area contributed by atoms with Crippen molar-refractivity contribution in [3.8, 4) is 40.0 Å². The zero-order valence-corrected chi connectivity index (χ0v) is 22.8. The Kier molecular flexibility index (Phi) is 8.35. The van der Waals surface area contributed by atoms with Crippen molar-refractivity contribution in [2.75, 3.05) is 19.5 Å². The summed E-state index contributed by atoms with van der Waals surface area (Å²) in [6.07, 6.45) is 0. The van der Waals surface area contributed by atoms with Gasteiger partial charge in [-0.25, -0.2) is 4.98 Å². The van der Waals surface area contributed by atoms with Crippen molar-refractivity contribution in [3.63, 3.8) is 0 Å². The Hall–Kier alpha value is -4.28. The lowest BCUT2D eigenvalue weighted by atomic mass is 9.99. The molecule has 0 bridgehead atoms. The van der Waals surface area contributed by atoms with Gasteiger partial charge in [-0.05, 0) is 67.8 Å². The molecule has 6 nitrogen and oxygen atoms in total. The fraction of sp³-hybridized carbons (Fsp3) is 0.194. The number of ether oxygens (including phenoxy) is 2. The van der Waals surface area contributed by atoms with Crippen LogP contribution in [-0.4, -0.2) is 30.4 Å². The maximum Gasteiger partial charge on any atom is 0.237 e. The number of aryl methyl sites for hydroxylation is 2. The third-order valence-electron chi connectivity index (χ3n) is 6.29. The maximum atomic E-state index is 13.1. The van der Waals surface area contributed by atoms with Crippen LogP contribution < -0.4 is 14.8 Å². The minimum Gasteiger partial charge on any atom is -0.493 e. The fourth-order valence-electron chi connectivity index (χ4n) is 3.99. The van der Waals surface area contributed by atoms with Gasteiger partial charge < -0.3 is 14.8 Å². The van der Waals surface area contributed by atoms with Crippen molar-refractivity contribution in [1.29, 1.82) is 5.26 Å². The topological polar surface area (TPSA) is 84.2 Å². The first-order valence-corrected chi connectivity index (χ1v) is 13.0. The summed E-state index contributed by atoms with van der Waals surface area (Å²) in [4.78, 5) is 17.9. The zero-order valence-electron chi connectivity index (χ0n) is 22.0. The lowest BCUT2D eigenvalue weighted by molar-refractivity contribution is -0.115. The Morgan fingerprint density at radius 2 is 1.66 bits per heavy atom. The number of hydrogen-bond acceptors (Lipinski definition) is 6. The third-order valence-corrected chi connectivity index (χ3v) is 7.38. The molecule has 192 valence electrons. The Bertz CT molecular complexity index is 1510. The van der Waals surface area contributed by atoms with Crippen LogP contribution in [0.2, 0.25) is 0 Å². The van der Waals surface area contributed by atoms with Crippen LogP contribution in [0.5, 0.6) is 11.5 Å². The quantitative estimate of drug-likeness (QED) is 0.249. The van der Waals surface area contributed by atoms with E-state index in [1.807, 2.05) is 93.6 Å². The van der Waals surface area contributed by atoms with Gasteiger partial charge in [0.1, 0.15) is 11.1 Å². The predicted octanol–water partition coefficient (Wildman–Crippen LogP) is 7.04. The Morgan fingerprint density at radius 3 is 2.32 bits per heavy atom. The molecule has 0 spiro atoms. The molecular weight excluding hydrogens is 494 g/mol. The SMILES string of the molecule is COc1ccc(-c2cc(-c3ccccc3)nc(S[C@H](C)C(=O)Nc3ccc(C)c(C)c3)c2C#N)cc1OC. The van der Waals surface area contributed by atoms with Crippen molar-refractivity contribution < 1.29 is 14.3 Å². The van der Waals surface area contributed by atoms with Crippen LogP contribution in [0.3, 0.4) is 0 Å². The lowest BCUT2D eigenvalue weighted by Crippen LogP contribution is -2.22. The second kappa shape index (κ2) is 11.8. The van der Waals surface area contributed by atoms with Gasteiger partial charge in [-0.1, -0.05) is 54.2 Å². The Morgan fingerprint density at radius 1 is 0.921 bits per heavy atom. The standard InChI is InChI=1S/C31H29N3O3S/c1-19-11-13-24(15-20(19)2)33-30(35)21(3)38-31-26(18-32)25(17-27(34-31)22-9-7-6-8-10-22)23-12-14-28(36-4)29(16-23)37-5/h6-17,21H,1-5H3,(H,33,35)/t21-/m1/s1. The molecule has 0 fully saturated rings. The number of nitrogens with one attached hydrogen (secondary N) is 1. The first-order chi connectivity index (χ1) is 18.3. The van der Waals surface area contributed by atoms with E-state index < -0.39 is 5.25 Å². The van der Waals surface area contributed by atoms with Crippen LogP contribution in [0, 0.1) is 25.2 Å². The highest BCUT2D eigenvalue weighted by Gasteiger charge is 2.22. The molecule has 38 heavy (non-hydrogen) atoms. The second-order valence-corrected chi connectivity index (χ2v) is 10.2. The van der Waals surface area contributed by atoms with Crippen molar-refractivity contribution in [1.82, 2.24) is 4.98 Å². The number of nitrogens with zero attached hydrogens (tertiary/aromatic N) is 2. The second-order valence-electron chi connectivity index (χ2n) is 8.83. The number of carbonyl (C=O) groups excluding carboxylic acids is 1. The lowest BCUT2D eigenvalue weighted by Gasteiger charge is -2.17. The number of aromatic nitrogens is 1. The number of hydrogen-bond donors (Lipinski definition) is 1. The van der Waals surface area contributed by atoms with Crippen molar-refractivity contribution in [3.05, 3.63) is 89.5 Å². The molecular formula is C31H29N3O3S.